The minimum atomic E-state index is -0.108. The van der Waals surface area contributed by atoms with Crippen LogP contribution in [0.5, 0.6) is 0 Å². The molecule has 3 N–H and O–H groups in total. The third kappa shape index (κ3) is 5.67. The molecule has 0 radical (unpaired) electrons. The number of benzene rings is 3. The molecular formula is C27H28ClN5OS2. The van der Waals surface area contributed by atoms with Crippen LogP contribution in [0.2, 0.25) is 5.02 Å². The number of nitrogens with one attached hydrogen (secondary N) is 1. The van der Waals surface area contributed by atoms with Crippen LogP contribution in [0.15, 0.2) is 87.2 Å². The van der Waals surface area contributed by atoms with Crippen LogP contribution >= 0.6 is 36.0 Å². The monoisotopic (exact) mass is 537 g/mol. The van der Waals surface area contributed by atoms with E-state index in [4.69, 9.17) is 22.3 Å². The second-order valence-electron chi connectivity index (χ2n) is 8.29. The number of amides is 1. The maximum atomic E-state index is 13.8. The van der Waals surface area contributed by atoms with Crippen LogP contribution in [0.3, 0.4) is 0 Å². The highest BCUT2D eigenvalue weighted by molar-refractivity contribution is 8.18. The summed E-state index contributed by atoms with van der Waals surface area (Å²) >= 11 is 12.2. The van der Waals surface area contributed by atoms with Crippen LogP contribution in [0.25, 0.3) is 0 Å². The van der Waals surface area contributed by atoms with Gasteiger partial charge in [-0.1, -0.05) is 41.9 Å². The molecule has 36 heavy (non-hydrogen) atoms. The molecule has 9 heteroatoms. The second kappa shape index (κ2) is 11.3. The summed E-state index contributed by atoms with van der Waals surface area (Å²) in [5.74, 6) is -0.108. The number of amidine groups is 1. The number of rotatable bonds is 7. The second-order valence-corrected chi connectivity index (χ2v) is 10.2. The van der Waals surface area contributed by atoms with Crippen LogP contribution in [-0.2, 0) is 11.3 Å². The lowest BCUT2D eigenvalue weighted by molar-refractivity contribution is -0.122. The molecule has 1 saturated heterocycles. The lowest BCUT2D eigenvalue weighted by Crippen LogP contribution is -2.29. The lowest BCUT2D eigenvalue weighted by atomic mass is 10.2. The van der Waals surface area contributed by atoms with Crippen molar-refractivity contribution in [2.75, 3.05) is 29.5 Å². The fourth-order valence-corrected chi connectivity index (χ4v) is 5.32. The number of nitrogens with two attached hydrogens (primary N) is 1. The highest BCUT2D eigenvalue weighted by Crippen LogP contribution is 2.40. The third-order valence-corrected chi connectivity index (χ3v) is 7.56. The van der Waals surface area contributed by atoms with Crippen LogP contribution in [0.4, 0.5) is 22.7 Å². The molecule has 0 aliphatic carbocycles. The van der Waals surface area contributed by atoms with Crippen molar-refractivity contribution >= 4 is 69.8 Å². The van der Waals surface area contributed by atoms with Gasteiger partial charge in [0.25, 0.3) is 5.91 Å². The Bertz CT molecular complexity index is 1340. The average molecular weight is 538 g/mol. The molecule has 1 heterocycles. The number of nitrogen functional groups attached to an aromatic ring is 1. The summed E-state index contributed by atoms with van der Waals surface area (Å²) in [5, 5.41) is 4.51. The van der Waals surface area contributed by atoms with Gasteiger partial charge in [-0.05, 0) is 67.6 Å². The summed E-state index contributed by atoms with van der Waals surface area (Å²) in [6, 6.07) is 20.9. The molecule has 0 aromatic heterocycles. The van der Waals surface area contributed by atoms with Crippen molar-refractivity contribution in [3.8, 4) is 0 Å². The van der Waals surface area contributed by atoms with E-state index in [2.05, 4.69) is 17.9 Å². The van der Waals surface area contributed by atoms with Crippen molar-refractivity contribution in [3.05, 3.63) is 87.9 Å². The number of nitrogens with zero attached hydrogens (tertiary/aromatic N) is 3. The smallest absolute Gasteiger partial charge is 0.268 e. The minimum Gasteiger partial charge on any atom is -0.399 e. The molecule has 1 amide bonds. The Kier molecular flexibility index (Phi) is 8.18. The Labute approximate surface area is 226 Å². The predicted octanol–water partition coefficient (Wildman–Crippen LogP) is 6.77. The SMILES string of the molecule is CCNc1ccc(N)cc1N=C1S/C(=C(\C)N(C)c2cc(Cl)ccc2S)C(=O)N1Cc1ccccc1. The number of carbonyl (C=O) groups excluding carboxylic acids is 1. The summed E-state index contributed by atoms with van der Waals surface area (Å²) in [7, 11) is 1.90. The van der Waals surface area contributed by atoms with Crippen LogP contribution in [-0.4, -0.2) is 29.6 Å². The fourth-order valence-electron chi connectivity index (χ4n) is 3.80. The van der Waals surface area contributed by atoms with E-state index < -0.39 is 0 Å². The molecule has 1 aliphatic rings. The molecule has 0 atom stereocenters. The van der Waals surface area contributed by atoms with Gasteiger partial charge in [-0.15, -0.1) is 12.6 Å². The molecular weight excluding hydrogens is 510 g/mol. The van der Waals surface area contributed by atoms with Crippen molar-refractivity contribution in [2.24, 2.45) is 4.99 Å². The summed E-state index contributed by atoms with van der Waals surface area (Å²) < 4.78 is 0. The Balaban J connectivity index is 1.79. The summed E-state index contributed by atoms with van der Waals surface area (Å²) in [4.78, 5) is 23.7. The Morgan fingerprint density at radius 2 is 1.92 bits per heavy atom. The number of hydrogen-bond donors (Lipinski definition) is 3. The van der Waals surface area contributed by atoms with E-state index in [0.717, 1.165) is 34.1 Å². The van der Waals surface area contributed by atoms with Crippen molar-refractivity contribution in [3.63, 3.8) is 0 Å². The van der Waals surface area contributed by atoms with Gasteiger partial charge in [0.05, 0.1) is 28.5 Å². The molecule has 3 aromatic carbocycles. The van der Waals surface area contributed by atoms with E-state index in [9.17, 15) is 4.79 Å². The van der Waals surface area contributed by atoms with Crippen LogP contribution in [0, 0.1) is 0 Å². The first kappa shape index (κ1) is 26.0. The van der Waals surface area contributed by atoms with Crippen molar-refractivity contribution < 1.29 is 4.79 Å². The number of thioether (sulfide) groups is 1. The van der Waals surface area contributed by atoms with Crippen molar-refractivity contribution in [2.45, 2.75) is 25.3 Å². The van der Waals surface area contributed by atoms with E-state index in [1.807, 2.05) is 86.5 Å². The average Bonchev–Trinajstić information content (AvgIpc) is 3.17. The Morgan fingerprint density at radius 3 is 2.64 bits per heavy atom. The van der Waals surface area contributed by atoms with E-state index in [1.165, 1.54) is 11.8 Å². The van der Waals surface area contributed by atoms with Gasteiger partial charge in [-0.3, -0.25) is 9.69 Å². The first-order chi connectivity index (χ1) is 17.3. The molecule has 0 bridgehead atoms. The van der Waals surface area contributed by atoms with Gasteiger partial charge in [-0.25, -0.2) is 4.99 Å². The van der Waals surface area contributed by atoms with E-state index >= 15 is 0 Å². The van der Waals surface area contributed by atoms with Gasteiger partial charge in [-0.2, -0.15) is 0 Å². The highest BCUT2D eigenvalue weighted by Gasteiger charge is 2.36. The van der Waals surface area contributed by atoms with Gasteiger partial charge < -0.3 is 16.0 Å². The standard InChI is InChI=1S/C27H28ClN5OS2/c1-4-30-21-12-11-20(29)15-22(21)31-27-33(16-18-8-6-5-7-9-18)26(34)25(36-27)17(2)32(3)23-14-19(28)10-13-24(23)35/h5-15,30,35H,4,16,29H2,1-3H3/b25-17+,31-27?. The largest absolute Gasteiger partial charge is 0.399 e. The normalized spacial score (nSPS) is 16.0. The minimum absolute atomic E-state index is 0.108. The molecule has 186 valence electrons. The molecule has 0 saturated carbocycles. The third-order valence-electron chi connectivity index (χ3n) is 5.78. The first-order valence-electron chi connectivity index (χ1n) is 11.5. The number of aliphatic imine (C=N–C) groups is 1. The van der Waals surface area contributed by atoms with Gasteiger partial charge in [0.15, 0.2) is 5.17 Å². The van der Waals surface area contributed by atoms with Gasteiger partial charge >= 0.3 is 0 Å². The zero-order chi connectivity index (χ0) is 25.8. The molecule has 6 nitrogen and oxygen atoms in total. The van der Waals surface area contributed by atoms with Gasteiger partial charge in [0, 0.05) is 34.9 Å². The maximum absolute atomic E-state index is 13.8. The van der Waals surface area contributed by atoms with Crippen molar-refractivity contribution in [1.82, 2.24) is 4.90 Å². The lowest BCUT2D eigenvalue weighted by Gasteiger charge is -2.23. The number of allylic oxidation sites excluding steroid dienone is 1. The topological polar surface area (TPSA) is 74.0 Å². The van der Waals surface area contributed by atoms with Crippen LogP contribution in [0.1, 0.15) is 19.4 Å². The van der Waals surface area contributed by atoms with E-state index in [1.54, 1.807) is 11.0 Å². The summed E-state index contributed by atoms with van der Waals surface area (Å²) in [6.45, 7) is 5.08. The fraction of sp³-hybridized carbons (Fsp3) is 0.185. The quantitative estimate of drug-likeness (QED) is 0.176. The molecule has 4 rings (SSSR count). The predicted molar refractivity (Wildman–Crippen MR) is 157 cm³/mol. The number of thiol groups is 1. The first-order valence-corrected chi connectivity index (χ1v) is 13.1. The van der Waals surface area contributed by atoms with E-state index in [0.29, 0.717) is 33.0 Å². The van der Waals surface area contributed by atoms with Gasteiger partial charge in [0.2, 0.25) is 0 Å². The van der Waals surface area contributed by atoms with Gasteiger partial charge in [0.1, 0.15) is 0 Å². The molecule has 1 fully saturated rings. The summed E-state index contributed by atoms with van der Waals surface area (Å²) in [6.07, 6.45) is 0. The number of carbonyl (C=O) groups is 1. The van der Waals surface area contributed by atoms with Crippen LogP contribution < -0.4 is 16.0 Å². The molecule has 0 spiro atoms. The molecule has 1 aliphatic heterocycles. The highest BCUT2D eigenvalue weighted by atomic mass is 35.5. The number of anilines is 3. The summed E-state index contributed by atoms with van der Waals surface area (Å²) in [5.41, 5.74) is 10.8. The zero-order valence-electron chi connectivity index (χ0n) is 20.3. The molecule has 0 unspecified atom stereocenters. The zero-order valence-corrected chi connectivity index (χ0v) is 22.8. The number of hydrogen-bond acceptors (Lipinski definition) is 7. The molecule has 3 aromatic rings. The van der Waals surface area contributed by atoms with Crippen molar-refractivity contribution in [1.29, 1.82) is 0 Å². The Morgan fingerprint density at radius 1 is 1.17 bits per heavy atom. The Hall–Kier alpha value is -3.07. The maximum Gasteiger partial charge on any atom is 0.268 e. The van der Waals surface area contributed by atoms with E-state index in [-0.39, 0.29) is 5.91 Å². The number of halogens is 1.